The minimum atomic E-state index is -2.04. The second-order valence-electron chi connectivity index (χ2n) is 5.57. The van der Waals surface area contributed by atoms with Crippen LogP contribution in [0.2, 0.25) is 10.0 Å². The van der Waals surface area contributed by atoms with Crippen molar-refractivity contribution in [3.05, 3.63) is 63.4 Å². The standard InChI is InChI=1S/C17H15Cl2FN2O/c18-12-6-5-11(14(19)9-12)10-22-16(23)17(20)7-1-4-15-13(17)3-2-8-21-15/h2-3,5-6,8-9H,1,4,7,10H2,(H,22,23)/t17-/m1/s1. The Kier molecular flexibility index (Phi) is 4.55. The minimum Gasteiger partial charge on any atom is -0.349 e. The summed E-state index contributed by atoms with van der Waals surface area (Å²) in [7, 11) is 0. The van der Waals surface area contributed by atoms with E-state index in [0.717, 1.165) is 0 Å². The van der Waals surface area contributed by atoms with Gasteiger partial charge in [0.1, 0.15) is 0 Å². The average Bonchev–Trinajstić information content (AvgIpc) is 2.54. The molecule has 1 aliphatic rings. The summed E-state index contributed by atoms with van der Waals surface area (Å²) in [6.07, 6.45) is 3.07. The predicted molar refractivity (Wildman–Crippen MR) is 88.3 cm³/mol. The van der Waals surface area contributed by atoms with E-state index in [1.54, 1.807) is 36.5 Å². The molecule has 2 aromatic rings. The summed E-state index contributed by atoms with van der Waals surface area (Å²) >= 11 is 11.9. The number of hydrogen-bond acceptors (Lipinski definition) is 2. The first-order chi connectivity index (χ1) is 11.0. The van der Waals surface area contributed by atoms with E-state index in [1.165, 1.54) is 0 Å². The topological polar surface area (TPSA) is 42.0 Å². The Morgan fingerprint density at radius 2 is 2.17 bits per heavy atom. The van der Waals surface area contributed by atoms with Crippen molar-refractivity contribution in [3.63, 3.8) is 0 Å². The van der Waals surface area contributed by atoms with Gasteiger partial charge in [-0.1, -0.05) is 35.3 Å². The molecule has 0 saturated carbocycles. The molecule has 1 heterocycles. The molecule has 0 unspecified atom stereocenters. The lowest BCUT2D eigenvalue weighted by atomic mass is 9.82. The molecule has 0 saturated heterocycles. The number of nitrogens with zero attached hydrogens (tertiary/aromatic N) is 1. The maximum absolute atomic E-state index is 15.3. The highest BCUT2D eigenvalue weighted by Crippen LogP contribution is 2.38. The normalized spacial score (nSPS) is 20.0. The molecule has 1 aliphatic carbocycles. The molecular formula is C17H15Cl2FN2O. The molecule has 6 heteroatoms. The Labute approximate surface area is 143 Å². The van der Waals surface area contributed by atoms with Crippen molar-refractivity contribution < 1.29 is 9.18 Å². The van der Waals surface area contributed by atoms with E-state index in [9.17, 15) is 4.79 Å². The third-order valence-electron chi connectivity index (χ3n) is 4.07. The summed E-state index contributed by atoms with van der Waals surface area (Å²) in [5.41, 5.74) is -0.331. The number of amides is 1. The highest BCUT2D eigenvalue weighted by atomic mass is 35.5. The van der Waals surface area contributed by atoms with Crippen LogP contribution in [0.5, 0.6) is 0 Å². The second kappa shape index (κ2) is 6.46. The third-order valence-corrected chi connectivity index (χ3v) is 4.65. The van der Waals surface area contributed by atoms with Crippen LogP contribution in [-0.2, 0) is 23.4 Å². The van der Waals surface area contributed by atoms with E-state index in [1.807, 2.05) is 0 Å². The van der Waals surface area contributed by atoms with Gasteiger partial charge in [-0.2, -0.15) is 0 Å². The van der Waals surface area contributed by atoms with Crippen molar-refractivity contribution in [2.45, 2.75) is 31.5 Å². The molecule has 0 radical (unpaired) electrons. The summed E-state index contributed by atoms with van der Waals surface area (Å²) < 4.78 is 15.3. The molecule has 23 heavy (non-hydrogen) atoms. The highest BCUT2D eigenvalue weighted by Gasteiger charge is 2.44. The van der Waals surface area contributed by atoms with E-state index in [0.29, 0.717) is 39.7 Å². The first-order valence-corrected chi connectivity index (χ1v) is 8.12. The molecule has 1 atom stereocenters. The zero-order valence-corrected chi connectivity index (χ0v) is 13.8. The number of fused-ring (bicyclic) bond motifs is 1. The largest absolute Gasteiger partial charge is 0.349 e. The Balaban J connectivity index is 1.78. The molecule has 0 aliphatic heterocycles. The number of benzene rings is 1. The fourth-order valence-corrected chi connectivity index (χ4v) is 3.32. The lowest BCUT2D eigenvalue weighted by Gasteiger charge is -2.30. The Morgan fingerprint density at radius 1 is 1.35 bits per heavy atom. The highest BCUT2D eigenvalue weighted by molar-refractivity contribution is 6.35. The summed E-state index contributed by atoms with van der Waals surface area (Å²) in [6, 6.07) is 8.28. The van der Waals surface area contributed by atoms with Crippen LogP contribution < -0.4 is 5.32 Å². The second-order valence-corrected chi connectivity index (χ2v) is 6.41. The minimum absolute atomic E-state index is 0.149. The van der Waals surface area contributed by atoms with Gasteiger partial charge in [0.2, 0.25) is 5.67 Å². The maximum atomic E-state index is 15.3. The van der Waals surface area contributed by atoms with E-state index in [2.05, 4.69) is 10.3 Å². The van der Waals surface area contributed by atoms with Gasteiger partial charge in [0, 0.05) is 34.0 Å². The van der Waals surface area contributed by atoms with Gasteiger partial charge < -0.3 is 5.32 Å². The Bertz CT molecular complexity index is 753. The molecular weight excluding hydrogens is 338 g/mol. The number of halogens is 3. The molecule has 0 spiro atoms. The SMILES string of the molecule is O=C(NCc1ccc(Cl)cc1Cl)[C@@]1(F)CCCc2ncccc21. The number of carbonyl (C=O) groups is 1. The number of rotatable bonds is 3. The van der Waals surface area contributed by atoms with Crippen LogP contribution >= 0.6 is 23.2 Å². The van der Waals surface area contributed by atoms with E-state index < -0.39 is 11.6 Å². The summed E-state index contributed by atoms with van der Waals surface area (Å²) in [6.45, 7) is 0.149. The first-order valence-electron chi connectivity index (χ1n) is 7.36. The van der Waals surface area contributed by atoms with Crippen LogP contribution in [0.15, 0.2) is 36.5 Å². The van der Waals surface area contributed by atoms with Crippen molar-refractivity contribution in [2.24, 2.45) is 0 Å². The van der Waals surface area contributed by atoms with Crippen molar-refractivity contribution in [3.8, 4) is 0 Å². The number of pyridine rings is 1. The summed E-state index contributed by atoms with van der Waals surface area (Å²) in [5, 5.41) is 3.60. The molecule has 1 aromatic carbocycles. The van der Waals surface area contributed by atoms with Crippen molar-refractivity contribution >= 4 is 29.1 Å². The van der Waals surface area contributed by atoms with Crippen molar-refractivity contribution in [2.75, 3.05) is 0 Å². The fraction of sp³-hybridized carbons (Fsp3) is 0.294. The monoisotopic (exact) mass is 352 g/mol. The average molecular weight is 353 g/mol. The first kappa shape index (κ1) is 16.2. The van der Waals surface area contributed by atoms with Gasteiger partial charge in [0.15, 0.2) is 0 Å². The van der Waals surface area contributed by atoms with Crippen LogP contribution in [0, 0.1) is 0 Å². The van der Waals surface area contributed by atoms with Gasteiger partial charge in [-0.15, -0.1) is 0 Å². The number of hydrogen-bond donors (Lipinski definition) is 1. The number of aryl methyl sites for hydroxylation is 1. The van der Waals surface area contributed by atoms with E-state index in [4.69, 9.17) is 23.2 Å². The maximum Gasteiger partial charge on any atom is 0.262 e. The molecule has 1 aromatic heterocycles. The van der Waals surface area contributed by atoms with Gasteiger partial charge in [0.25, 0.3) is 5.91 Å². The zero-order chi connectivity index (χ0) is 16.4. The Hall–Kier alpha value is -1.65. The zero-order valence-electron chi connectivity index (χ0n) is 12.3. The number of alkyl halides is 1. The van der Waals surface area contributed by atoms with E-state index in [-0.39, 0.29) is 13.0 Å². The molecule has 120 valence electrons. The van der Waals surface area contributed by atoms with Crippen LogP contribution in [0.1, 0.15) is 29.7 Å². The van der Waals surface area contributed by atoms with E-state index >= 15 is 4.39 Å². The summed E-state index contributed by atoms with van der Waals surface area (Å²) in [5.74, 6) is -0.655. The lowest BCUT2D eigenvalue weighted by molar-refractivity contribution is -0.134. The molecule has 1 amide bonds. The molecule has 0 fully saturated rings. The van der Waals surface area contributed by atoms with Gasteiger partial charge in [0.05, 0.1) is 0 Å². The number of aromatic nitrogens is 1. The summed E-state index contributed by atoms with van der Waals surface area (Å²) in [4.78, 5) is 16.6. The van der Waals surface area contributed by atoms with Crippen molar-refractivity contribution in [1.29, 1.82) is 0 Å². The van der Waals surface area contributed by atoms with Crippen LogP contribution in [-0.4, -0.2) is 10.9 Å². The molecule has 0 bridgehead atoms. The number of carbonyl (C=O) groups excluding carboxylic acids is 1. The molecule has 3 nitrogen and oxygen atoms in total. The van der Waals surface area contributed by atoms with Crippen LogP contribution in [0.25, 0.3) is 0 Å². The van der Waals surface area contributed by atoms with Gasteiger partial charge >= 0.3 is 0 Å². The fourth-order valence-electron chi connectivity index (χ4n) is 2.85. The Morgan fingerprint density at radius 3 is 2.96 bits per heavy atom. The van der Waals surface area contributed by atoms with Crippen molar-refractivity contribution in [1.82, 2.24) is 10.3 Å². The smallest absolute Gasteiger partial charge is 0.262 e. The van der Waals surface area contributed by atoms with Crippen LogP contribution in [0.3, 0.4) is 0 Å². The van der Waals surface area contributed by atoms with Gasteiger partial charge in [-0.25, -0.2) is 4.39 Å². The van der Waals surface area contributed by atoms with Gasteiger partial charge in [-0.05, 0) is 43.0 Å². The third kappa shape index (κ3) is 3.19. The lowest BCUT2D eigenvalue weighted by Crippen LogP contribution is -2.43. The van der Waals surface area contributed by atoms with Gasteiger partial charge in [-0.3, -0.25) is 9.78 Å². The predicted octanol–water partition coefficient (Wildman–Crippen LogP) is 4.21. The molecule has 1 N–H and O–H groups in total. The number of nitrogens with one attached hydrogen (secondary N) is 1. The molecule has 3 rings (SSSR count). The quantitative estimate of drug-likeness (QED) is 0.898. The van der Waals surface area contributed by atoms with Crippen LogP contribution in [0.4, 0.5) is 4.39 Å².